The summed E-state index contributed by atoms with van der Waals surface area (Å²) < 4.78 is 11.4. The number of benzene rings is 3. The minimum absolute atomic E-state index is 0.401. The number of carbonyl (C=O) groups excluding carboxylic acids is 2. The maximum Gasteiger partial charge on any atom is 0.308 e. The maximum absolute atomic E-state index is 12.4. The number of nitrogens with one attached hydrogen (secondary N) is 2. The molecule has 6 aromatic rings. The normalized spacial score (nSPS) is 12.5. The van der Waals surface area contributed by atoms with Crippen molar-refractivity contribution in [2.24, 2.45) is 0 Å². The molecule has 0 amide bonds. The van der Waals surface area contributed by atoms with E-state index in [2.05, 4.69) is 133 Å². The first-order valence-electron chi connectivity index (χ1n) is 31.0. The minimum Gasteiger partial charge on any atom is -0.426 e. The maximum atomic E-state index is 12.4. The van der Waals surface area contributed by atoms with E-state index >= 15 is 0 Å². The number of rotatable bonds is 26. The molecule has 0 unspecified atom stereocenters. The third-order valence-electron chi connectivity index (χ3n) is 17.0. The first-order chi connectivity index (χ1) is 39.1. The summed E-state index contributed by atoms with van der Waals surface area (Å²) in [4.78, 5) is 44.6. The van der Waals surface area contributed by atoms with Crippen LogP contribution in [-0.4, -0.2) is 31.9 Å². The topological polar surface area (TPSA) is 110 Å². The number of hydrogen-bond donors (Lipinski definition) is 2. The summed E-state index contributed by atoms with van der Waals surface area (Å²) in [5, 5.41) is 0. The van der Waals surface area contributed by atoms with E-state index in [1.807, 2.05) is 13.0 Å². The molecule has 3 aromatic carbocycles. The van der Waals surface area contributed by atoms with Gasteiger partial charge in [-0.1, -0.05) is 159 Å². The van der Waals surface area contributed by atoms with Crippen molar-refractivity contribution in [2.75, 3.05) is 0 Å². The zero-order chi connectivity index (χ0) is 57.7. The number of H-pyrrole nitrogens is 2. The molecule has 8 bridgehead atoms. The Bertz CT molecular complexity index is 3320. The van der Waals surface area contributed by atoms with E-state index in [-0.39, 0.29) is 0 Å². The van der Waals surface area contributed by atoms with Crippen molar-refractivity contribution < 1.29 is 19.1 Å². The summed E-state index contributed by atoms with van der Waals surface area (Å²) in [5.74, 6) is 0.111. The van der Waals surface area contributed by atoms with Gasteiger partial charge in [-0.3, -0.25) is 9.59 Å². The molecular weight excluding hydrogens is 997 g/mol. The summed E-state index contributed by atoms with van der Waals surface area (Å²) in [6.45, 7) is 25.3. The van der Waals surface area contributed by atoms with Crippen molar-refractivity contribution in [3.8, 4) is 33.8 Å². The van der Waals surface area contributed by atoms with Gasteiger partial charge in [0.25, 0.3) is 0 Å². The first-order valence-corrected chi connectivity index (χ1v) is 31.0. The van der Waals surface area contributed by atoms with Gasteiger partial charge in [0.05, 0.1) is 33.8 Å². The zero-order valence-corrected chi connectivity index (χ0v) is 51.3. The fourth-order valence-electron chi connectivity index (χ4n) is 12.3. The van der Waals surface area contributed by atoms with Crippen molar-refractivity contribution in [1.82, 2.24) is 19.9 Å². The zero-order valence-electron chi connectivity index (χ0n) is 51.3. The van der Waals surface area contributed by atoms with Gasteiger partial charge in [-0.25, -0.2) is 9.97 Å². The van der Waals surface area contributed by atoms with Crippen LogP contribution in [-0.2, 0) is 28.9 Å². The fraction of sp³-hybridized carbons (Fsp3) is 0.452. The lowest BCUT2D eigenvalue weighted by Crippen LogP contribution is -2.07. The summed E-state index contributed by atoms with van der Waals surface area (Å²) >= 11 is 0. The first kappa shape index (κ1) is 60.3. The van der Waals surface area contributed by atoms with Crippen molar-refractivity contribution in [3.05, 3.63) is 140 Å². The Morgan fingerprint density at radius 2 is 0.889 bits per heavy atom. The van der Waals surface area contributed by atoms with Gasteiger partial charge < -0.3 is 19.4 Å². The van der Waals surface area contributed by atoms with Gasteiger partial charge in [0.2, 0.25) is 0 Å². The molecular formula is C73H92N4O4. The van der Waals surface area contributed by atoms with Gasteiger partial charge in [-0.05, 0) is 184 Å². The van der Waals surface area contributed by atoms with Crippen molar-refractivity contribution >= 4 is 56.3 Å². The van der Waals surface area contributed by atoms with Crippen molar-refractivity contribution in [3.63, 3.8) is 0 Å². The summed E-state index contributed by atoms with van der Waals surface area (Å²) in [7, 11) is 0. The van der Waals surface area contributed by atoms with E-state index < -0.39 is 11.9 Å². The second-order valence-corrected chi connectivity index (χ2v) is 23.4. The molecule has 2 aliphatic heterocycles. The van der Waals surface area contributed by atoms with Crippen LogP contribution < -0.4 is 9.47 Å². The number of fused-ring (bicyclic) bond motifs is 8. The molecule has 8 nitrogen and oxygen atoms in total. The number of nitrogens with zero attached hydrogens (tertiary/aromatic N) is 2. The van der Waals surface area contributed by atoms with Crippen LogP contribution in [0, 0.1) is 27.7 Å². The molecule has 0 aliphatic carbocycles. The molecule has 0 fully saturated rings. The molecule has 0 radical (unpaired) electrons. The average molecular weight is 1090 g/mol. The Morgan fingerprint density at radius 1 is 0.469 bits per heavy atom. The molecule has 0 atom stereocenters. The Kier molecular flexibility index (Phi) is 21.0. The quantitative estimate of drug-likeness (QED) is 0.0318. The lowest BCUT2D eigenvalue weighted by Gasteiger charge is -2.14. The smallest absolute Gasteiger partial charge is 0.308 e. The van der Waals surface area contributed by atoms with E-state index in [4.69, 9.17) is 19.4 Å². The van der Waals surface area contributed by atoms with Crippen LogP contribution in [0.15, 0.2) is 72.8 Å². The minimum atomic E-state index is -0.404. The van der Waals surface area contributed by atoms with Crippen LogP contribution in [0.4, 0.5) is 0 Å². The molecule has 2 aliphatic rings. The van der Waals surface area contributed by atoms with Crippen molar-refractivity contribution in [2.45, 2.75) is 218 Å². The third kappa shape index (κ3) is 14.3. The van der Waals surface area contributed by atoms with Gasteiger partial charge in [-0.15, -0.1) is 0 Å². The van der Waals surface area contributed by atoms with Crippen molar-refractivity contribution in [1.29, 1.82) is 0 Å². The van der Waals surface area contributed by atoms with Gasteiger partial charge in [0.1, 0.15) is 11.5 Å². The van der Waals surface area contributed by atoms with E-state index in [1.165, 1.54) is 141 Å². The molecule has 2 N–H and O–H groups in total. The van der Waals surface area contributed by atoms with Gasteiger partial charge in [0, 0.05) is 48.0 Å². The number of aryl methyl sites for hydroxylation is 6. The number of ether oxygens (including phenoxy) is 2. The van der Waals surface area contributed by atoms with Crippen LogP contribution in [0.3, 0.4) is 0 Å². The number of allylic oxidation sites excluding steroid dienone is 4. The number of aromatic amines is 2. The van der Waals surface area contributed by atoms with E-state index in [0.29, 0.717) is 23.5 Å². The highest BCUT2D eigenvalue weighted by Crippen LogP contribution is 2.46. The van der Waals surface area contributed by atoms with E-state index in [9.17, 15) is 9.59 Å². The van der Waals surface area contributed by atoms with Gasteiger partial charge in [-0.2, -0.15) is 0 Å². The van der Waals surface area contributed by atoms with Crippen LogP contribution in [0.25, 0.3) is 66.6 Å². The summed E-state index contributed by atoms with van der Waals surface area (Å²) in [6, 6.07) is 26.4. The Labute approximate surface area is 484 Å². The van der Waals surface area contributed by atoms with Gasteiger partial charge >= 0.3 is 11.9 Å². The molecule has 5 heterocycles. The molecule has 3 aromatic heterocycles. The van der Waals surface area contributed by atoms with Gasteiger partial charge in [0.15, 0.2) is 0 Å². The van der Waals surface area contributed by atoms with E-state index in [0.717, 1.165) is 130 Å². The molecule has 8 heteroatoms. The Morgan fingerprint density at radius 3 is 1.33 bits per heavy atom. The highest BCUT2D eigenvalue weighted by atomic mass is 16.5. The second-order valence-electron chi connectivity index (χ2n) is 23.4. The number of carbonyl (C=O) groups is 2. The molecule has 0 saturated heterocycles. The number of esters is 2. The predicted octanol–water partition coefficient (Wildman–Crippen LogP) is 20.4. The largest absolute Gasteiger partial charge is 0.426 e. The van der Waals surface area contributed by atoms with E-state index in [1.54, 1.807) is 6.07 Å². The second kappa shape index (κ2) is 28.3. The number of hydrogen-bond acceptors (Lipinski definition) is 6. The predicted molar refractivity (Wildman–Crippen MR) is 341 cm³/mol. The van der Waals surface area contributed by atoms with Crippen LogP contribution in [0.5, 0.6) is 11.5 Å². The third-order valence-corrected chi connectivity index (χ3v) is 17.0. The monoisotopic (exact) mass is 1090 g/mol. The standard InChI is InChI=1S/C73H92N4O4/c1-13-17-21-25-29-58-48(7)70-68(55-37-33-46(5)34-38-55)71-49(8)59(30-26-22-18-14-2)63(75-71)45-65-61(32-28-24-20-16-4)51(10)73(77-65)69(72-50(9)60(31-27-23-19-15-3)64(76-72)44-62(58)74-70)56-39-35-54(36-40-56)42-57-43-66(80-52(11)78)47(6)41-67(57)81-53(12)79/h33-41,43-45,76-77H,13-32,42H2,1-12H3. The van der Waals surface area contributed by atoms with Crippen LogP contribution in [0.2, 0.25) is 0 Å². The summed E-state index contributed by atoms with van der Waals surface area (Å²) in [6.07, 6.45) is 23.1. The van der Waals surface area contributed by atoms with Crippen LogP contribution in [0.1, 0.15) is 238 Å². The molecule has 0 saturated carbocycles. The lowest BCUT2D eigenvalue weighted by molar-refractivity contribution is -0.133. The highest BCUT2D eigenvalue weighted by Gasteiger charge is 2.28. The fourth-order valence-corrected chi connectivity index (χ4v) is 12.3. The Hall–Kier alpha value is -6.80. The molecule has 8 rings (SSSR count). The highest BCUT2D eigenvalue weighted by molar-refractivity contribution is 6.03. The van der Waals surface area contributed by atoms with Crippen LogP contribution >= 0.6 is 0 Å². The molecule has 0 spiro atoms. The summed E-state index contributed by atoms with van der Waals surface area (Å²) in [5.41, 5.74) is 27.3. The molecule has 81 heavy (non-hydrogen) atoms. The molecule has 428 valence electrons. The Balaban J connectivity index is 1.49. The number of aromatic nitrogens is 4. The lowest BCUT2D eigenvalue weighted by atomic mass is 9.92. The SMILES string of the molecule is CCCCCCC1=C(C)c2nc1cc1[nH]c(c(C)c1CCCCCC)c(-c1ccc(Cc3cc(OC(C)=O)c(C)cc3OC(C)=O)cc1)c1[nH]c(cc3nc(c2-c2ccc(C)cc2)C(C)=C3CCCCCC)c(CCCCCC)c1C. The number of unbranched alkanes of at least 4 members (excludes halogenated alkanes) is 12. The average Bonchev–Trinajstić information content (AvgIpc) is 4.24.